The summed E-state index contributed by atoms with van der Waals surface area (Å²) in [5, 5.41) is 0. The SMILES string of the molecule is Nc1ccc(SCCS(=O)(=O)Nc2ccncc2)cc1. The molecule has 2 aromatic rings. The van der Waals surface area contributed by atoms with Gasteiger partial charge >= 0.3 is 0 Å². The molecule has 0 amide bonds. The lowest BCUT2D eigenvalue weighted by molar-refractivity contribution is 0.602. The van der Waals surface area contributed by atoms with E-state index in [0.717, 1.165) is 4.90 Å². The molecule has 5 nitrogen and oxygen atoms in total. The lowest BCUT2D eigenvalue weighted by atomic mass is 10.3. The summed E-state index contributed by atoms with van der Waals surface area (Å²) < 4.78 is 26.3. The van der Waals surface area contributed by atoms with Gasteiger partial charge in [0.15, 0.2) is 0 Å². The summed E-state index contributed by atoms with van der Waals surface area (Å²) in [6, 6.07) is 10.6. The molecular formula is C13H15N3O2S2. The van der Waals surface area contributed by atoms with Crippen LogP contribution in [-0.2, 0) is 10.0 Å². The van der Waals surface area contributed by atoms with Crippen molar-refractivity contribution in [2.45, 2.75) is 4.90 Å². The number of nitrogens with two attached hydrogens (primary N) is 1. The summed E-state index contributed by atoms with van der Waals surface area (Å²) in [7, 11) is -3.34. The van der Waals surface area contributed by atoms with Gasteiger partial charge in [-0.15, -0.1) is 11.8 Å². The highest BCUT2D eigenvalue weighted by molar-refractivity contribution is 8.01. The second-order valence-electron chi connectivity index (χ2n) is 4.07. The maximum atomic E-state index is 11.9. The predicted octanol–water partition coefficient (Wildman–Crippen LogP) is 2.20. The number of rotatable bonds is 6. The van der Waals surface area contributed by atoms with Crippen LogP contribution in [0.1, 0.15) is 0 Å². The molecule has 0 aliphatic carbocycles. The van der Waals surface area contributed by atoms with E-state index >= 15 is 0 Å². The first kappa shape index (κ1) is 14.7. The van der Waals surface area contributed by atoms with E-state index in [1.54, 1.807) is 36.7 Å². The van der Waals surface area contributed by atoms with Gasteiger partial charge < -0.3 is 5.73 Å². The Morgan fingerprint density at radius 2 is 1.75 bits per heavy atom. The first-order valence-corrected chi connectivity index (χ1v) is 8.58. The lowest BCUT2D eigenvalue weighted by Gasteiger charge is -2.07. The molecule has 1 heterocycles. The van der Waals surface area contributed by atoms with Gasteiger partial charge in [0, 0.05) is 28.7 Å². The fourth-order valence-corrected chi connectivity index (χ4v) is 3.86. The third-order valence-corrected chi connectivity index (χ3v) is 5.02. The summed E-state index contributed by atoms with van der Waals surface area (Å²) in [6.07, 6.45) is 3.09. The van der Waals surface area contributed by atoms with Crippen molar-refractivity contribution >= 4 is 33.2 Å². The van der Waals surface area contributed by atoms with E-state index in [-0.39, 0.29) is 5.75 Å². The highest BCUT2D eigenvalue weighted by Gasteiger charge is 2.10. The number of hydrogen-bond acceptors (Lipinski definition) is 5. The molecule has 0 aliphatic rings. The van der Waals surface area contributed by atoms with Gasteiger partial charge in [-0.2, -0.15) is 0 Å². The van der Waals surface area contributed by atoms with Gasteiger partial charge in [-0.1, -0.05) is 0 Å². The number of pyridine rings is 1. The number of benzene rings is 1. The first-order chi connectivity index (χ1) is 9.55. The van der Waals surface area contributed by atoms with Crippen LogP contribution in [0.25, 0.3) is 0 Å². The summed E-state index contributed by atoms with van der Waals surface area (Å²) in [6.45, 7) is 0. The van der Waals surface area contributed by atoms with Gasteiger partial charge in [0.25, 0.3) is 0 Å². The molecule has 0 saturated carbocycles. The van der Waals surface area contributed by atoms with Crippen molar-refractivity contribution in [2.24, 2.45) is 0 Å². The van der Waals surface area contributed by atoms with Crippen molar-refractivity contribution in [3.8, 4) is 0 Å². The Hall–Kier alpha value is -1.73. The number of nitrogen functional groups attached to an aromatic ring is 1. The Balaban J connectivity index is 1.85. The van der Waals surface area contributed by atoms with Crippen LogP contribution < -0.4 is 10.5 Å². The van der Waals surface area contributed by atoms with Crippen molar-refractivity contribution in [3.63, 3.8) is 0 Å². The van der Waals surface area contributed by atoms with Crippen LogP contribution >= 0.6 is 11.8 Å². The lowest BCUT2D eigenvalue weighted by Crippen LogP contribution is -2.18. The fraction of sp³-hybridized carbons (Fsp3) is 0.154. The molecule has 0 spiro atoms. The predicted molar refractivity (Wildman–Crippen MR) is 83.2 cm³/mol. The molecule has 0 saturated heterocycles. The van der Waals surface area contributed by atoms with Crippen LogP contribution in [0.3, 0.4) is 0 Å². The standard InChI is InChI=1S/C13H15N3O2S2/c14-11-1-3-13(4-2-11)19-9-10-20(17,18)16-12-5-7-15-8-6-12/h1-8H,9-10,14H2,(H,15,16). The average Bonchev–Trinajstić information content (AvgIpc) is 2.41. The molecule has 0 aliphatic heterocycles. The maximum Gasteiger partial charge on any atom is 0.233 e. The number of sulfonamides is 1. The molecule has 7 heteroatoms. The van der Waals surface area contributed by atoms with Crippen molar-refractivity contribution in [1.82, 2.24) is 4.98 Å². The van der Waals surface area contributed by atoms with E-state index in [2.05, 4.69) is 9.71 Å². The van der Waals surface area contributed by atoms with E-state index in [1.165, 1.54) is 11.8 Å². The quantitative estimate of drug-likeness (QED) is 0.631. The number of nitrogens with one attached hydrogen (secondary N) is 1. The Morgan fingerprint density at radius 3 is 2.40 bits per heavy atom. The summed E-state index contributed by atoms with van der Waals surface area (Å²) in [5.41, 5.74) is 6.81. The Kier molecular flexibility index (Phi) is 4.86. The normalized spacial score (nSPS) is 11.2. The van der Waals surface area contributed by atoms with Gasteiger partial charge in [0.2, 0.25) is 10.0 Å². The van der Waals surface area contributed by atoms with Crippen molar-refractivity contribution in [2.75, 3.05) is 22.0 Å². The molecule has 2 rings (SSSR count). The van der Waals surface area contributed by atoms with Crippen molar-refractivity contribution in [3.05, 3.63) is 48.8 Å². The monoisotopic (exact) mass is 309 g/mol. The number of aromatic nitrogens is 1. The fourth-order valence-electron chi connectivity index (χ4n) is 1.48. The molecule has 0 fully saturated rings. The Bertz CT molecular complexity index is 643. The van der Waals surface area contributed by atoms with E-state index in [4.69, 9.17) is 5.73 Å². The number of thioether (sulfide) groups is 1. The Morgan fingerprint density at radius 1 is 1.10 bits per heavy atom. The smallest absolute Gasteiger partial charge is 0.233 e. The molecular weight excluding hydrogens is 294 g/mol. The zero-order chi connectivity index (χ0) is 14.4. The number of anilines is 2. The van der Waals surface area contributed by atoms with E-state index < -0.39 is 10.0 Å². The van der Waals surface area contributed by atoms with Gasteiger partial charge in [-0.25, -0.2) is 8.42 Å². The summed E-state index contributed by atoms with van der Waals surface area (Å²) in [5.74, 6) is 0.523. The first-order valence-electron chi connectivity index (χ1n) is 5.94. The second kappa shape index (κ2) is 6.62. The highest BCUT2D eigenvalue weighted by atomic mass is 32.2. The van der Waals surface area contributed by atoms with Crippen LogP contribution in [-0.4, -0.2) is 24.9 Å². The molecule has 20 heavy (non-hydrogen) atoms. The van der Waals surface area contributed by atoms with Crippen LogP contribution in [0.2, 0.25) is 0 Å². The van der Waals surface area contributed by atoms with Crippen LogP contribution in [0, 0.1) is 0 Å². The topological polar surface area (TPSA) is 85.1 Å². The highest BCUT2D eigenvalue weighted by Crippen LogP contribution is 2.19. The minimum absolute atomic E-state index is 0.0460. The second-order valence-corrected chi connectivity index (χ2v) is 7.08. The third kappa shape index (κ3) is 4.75. The number of nitrogens with zero attached hydrogens (tertiary/aromatic N) is 1. The minimum Gasteiger partial charge on any atom is -0.399 e. The van der Waals surface area contributed by atoms with E-state index in [9.17, 15) is 8.42 Å². The van der Waals surface area contributed by atoms with E-state index in [0.29, 0.717) is 17.1 Å². The van der Waals surface area contributed by atoms with Gasteiger partial charge in [-0.3, -0.25) is 9.71 Å². The van der Waals surface area contributed by atoms with Gasteiger partial charge in [0.1, 0.15) is 0 Å². The molecule has 0 unspecified atom stereocenters. The molecule has 1 aromatic carbocycles. The Labute approximate surface area is 122 Å². The maximum absolute atomic E-state index is 11.9. The van der Waals surface area contributed by atoms with E-state index in [1.807, 2.05) is 12.1 Å². The number of hydrogen-bond donors (Lipinski definition) is 2. The zero-order valence-corrected chi connectivity index (χ0v) is 12.3. The largest absolute Gasteiger partial charge is 0.399 e. The molecule has 3 N–H and O–H groups in total. The van der Waals surface area contributed by atoms with Crippen molar-refractivity contribution in [1.29, 1.82) is 0 Å². The molecule has 0 atom stereocenters. The molecule has 1 aromatic heterocycles. The molecule has 106 valence electrons. The van der Waals surface area contributed by atoms with Crippen LogP contribution in [0.5, 0.6) is 0 Å². The zero-order valence-electron chi connectivity index (χ0n) is 10.7. The van der Waals surface area contributed by atoms with Crippen molar-refractivity contribution < 1.29 is 8.42 Å². The molecule has 0 radical (unpaired) electrons. The van der Waals surface area contributed by atoms with Gasteiger partial charge in [-0.05, 0) is 36.4 Å². The van der Waals surface area contributed by atoms with Crippen LogP contribution in [0.15, 0.2) is 53.7 Å². The average molecular weight is 309 g/mol. The summed E-state index contributed by atoms with van der Waals surface area (Å²) in [4.78, 5) is 4.83. The molecule has 0 bridgehead atoms. The summed E-state index contributed by atoms with van der Waals surface area (Å²) >= 11 is 1.48. The van der Waals surface area contributed by atoms with Gasteiger partial charge in [0.05, 0.1) is 11.4 Å². The van der Waals surface area contributed by atoms with Crippen LogP contribution in [0.4, 0.5) is 11.4 Å². The third-order valence-electron chi connectivity index (χ3n) is 2.45. The minimum atomic E-state index is -3.34.